The Labute approximate surface area is 141 Å². The molecule has 0 atom stereocenters. The number of rotatable bonds is 4. The quantitative estimate of drug-likeness (QED) is 0.643. The van der Waals surface area contributed by atoms with Crippen LogP contribution >= 0.6 is 11.8 Å². The molecule has 118 valence electrons. The van der Waals surface area contributed by atoms with Crippen molar-refractivity contribution >= 4 is 11.8 Å². The number of para-hydroxylation sites is 1. The van der Waals surface area contributed by atoms with Gasteiger partial charge < -0.3 is 0 Å². The summed E-state index contributed by atoms with van der Waals surface area (Å²) in [6.07, 6.45) is 1.76. The Morgan fingerprint density at radius 3 is 2.30 bits per heavy atom. The van der Waals surface area contributed by atoms with E-state index in [9.17, 15) is 0 Å². The first kappa shape index (κ1) is 15.8. The van der Waals surface area contributed by atoms with Gasteiger partial charge in [-0.05, 0) is 28.7 Å². The molecule has 0 N–H and O–H groups in total. The fourth-order valence-electron chi connectivity index (χ4n) is 2.34. The Morgan fingerprint density at radius 2 is 1.65 bits per heavy atom. The third-order valence-electron chi connectivity index (χ3n) is 3.74. The number of thioether (sulfide) groups is 1. The summed E-state index contributed by atoms with van der Waals surface area (Å²) in [6.45, 7) is 6.71. The van der Waals surface area contributed by atoms with Gasteiger partial charge >= 0.3 is 0 Å². The molecule has 0 aliphatic rings. The molecule has 1 heterocycles. The average molecular weight is 323 g/mol. The van der Waals surface area contributed by atoms with Crippen LogP contribution in [0.2, 0.25) is 0 Å². The van der Waals surface area contributed by atoms with E-state index in [4.69, 9.17) is 0 Å². The summed E-state index contributed by atoms with van der Waals surface area (Å²) in [4.78, 5) is 0. The molecular weight excluding hydrogens is 302 g/mol. The van der Waals surface area contributed by atoms with Crippen molar-refractivity contribution in [3.05, 3.63) is 72.1 Å². The van der Waals surface area contributed by atoms with Gasteiger partial charge in [-0.2, -0.15) is 0 Å². The molecule has 0 amide bonds. The van der Waals surface area contributed by atoms with Crippen LogP contribution in [0.4, 0.5) is 0 Å². The Kier molecular flexibility index (Phi) is 4.53. The zero-order valence-electron chi connectivity index (χ0n) is 13.7. The monoisotopic (exact) mass is 323 g/mol. The number of hydrogen-bond donors (Lipinski definition) is 0. The highest BCUT2D eigenvalue weighted by atomic mass is 32.2. The number of benzene rings is 2. The predicted molar refractivity (Wildman–Crippen MR) is 96.1 cm³/mol. The normalized spacial score (nSPS) is 11.6. The van der Waals surface area contributed by atoms with Crippen LogP contribution in [0.1, 0.15) is 31.9 Å². The van der Waals surface area contributed by atoms with Crippen molar-refractivity contribution in [2.45, 2.75) is 37.1 Å². The van der Waals surface area contributed by atoms with Crippen LogP contribution in [0, 0.1) is 0 Å². The fraction of sp³-hybridized carbons (Fsp3) is 0.263. The van der Waals surface area contributed by atoms with Crippen LogP contribution in [0.15, 0.2) is 66.1 Å². The summed E-state index contributed by atoms with van der Waals surface area (Å²) in [6, 6.07) is 19.0. The maximum absolute atomic E-state index is 4.24. The maximum Gasteiger partial charge on any atom is 0.195 e. The second-order valence-corrected chi connectivity index (χ2v) is 7.50. The first-order chi connectivity index (χ1) is 11.0. The average Bonchev–Trinajstić information content (AvgIpc) is 3.02. The van der Waals surface area contributed by atoms with Crippen molar-refractivity contribution in [1.82, 2.24) is 14.8 Å². The molecule has 4 heteroatoms. The fourth-order valence-corrected chi connectivity index (χ4v) is 3.22. The van der Waals surface area contributed by atoms with Gasteiger partial charge in [0.15, 0.2) is 5.16 Å². The molecule has 0 aliphatic carbocycles. The van der Waals surface area contributed by atoms with E-state index in [2.05, 4.69) is 67.4 Å². The van der Waals surface area contributed by atoms with E-state index >= 15 is 0 Å². The first-order valence-electron chi connectivity index (χ1n) is 7.72. The van der Waals surface area contributed by atoms with Crippen LogP contribution in [-0.4, -0.2) is 14.8 Å². The predicted octanol–water partition coefficient (Wildman–Crippen LogP) is 4.86. The van der Waals surface area contributed by atoms with Crippen LogP contribution in [0.5, 0.6) is 0 Å². The molecule has 2 aromatic carbocycles. The van der Waals surface area contributed by atoms with Gasteiger partial charge in [-0.1, -0.05) is 75.0 Å². The van der Waals surface area contributed by atoms with Crippen molar-refractivity contribution in [1.29, 1.82) is 0 Å². The molecule has 3 rings (SSSR count). The Balaban J connectivity index is 1.71. The molecule has 3 aromatic rings. The Morgan fingerprint density at radius 1 is 0.957 bits per heavy atom. The van der Waals surface area contributed by atoms with Crippen LogP contribution in [0.25, 0.3) is 5.69 Å². The van der Waals surface area contributed by atoms with Gasteiger partial charge in [0.2, 0.25) is 0 Å². The highest BCUT2D eigenvalue weighted by Crippen LogP contribution is 2.26. The molecule has 0 aliphatic heterocycles. The SMILES string of the molecule is CC(C)(C)c1ccc(CSc2nncn2-c2ccccc2)cc1. The topological polar surface area (TPSA) is 30.7 Å². The lowest BCUT2D eigenvalue weighted by Gasteiger charge is -2.19. The molecule has 0 spiro atoms. The summed E-state index contributed by atoms with van der Waals surface area (Å²) in [5.74, 6) is 0.885. The Hall–Kier alpha value is -2.07. The van der Waals surface area contributed by atoms with Gasteiger partial charge in [-0.15, -0.1) is 10.2 Å². The number of nitrogens with zero attached hydrogens (tertiary/aromatic N) is 3. The minimum atomic E-state index is 0.194. The highest BCUT2D eigenvalue weighted by Gasteiger charge is 2.13. The van der Waals surface area contributed by atoms with Crippen LogP contribution in [0.3, 0.4) is 0 Å². The molecule has 1 aromatic heterocycles. The van der Waals surface area contributed by atoms with Crippen molar-refractivity contribution in [3.63, 3.8) is 0 Å². The molecule has 3 nitrogen and oxygen atoms in total. The van der Waals surface area contributed by atoms with E-state index in [-0.39, 0.29) is 5.41 Å². The van der Waals surface area contributed by atoms with Crippen molar-refractivity contribution in [2.24, 2.45) is 0 Å². The van der Waals surface area contributed by atoms with E-state index in [0.717, 1.165) is 16.6 Å². The standard InChI is InChI=1S/C19H21N3S/c1-19(2,3)16-11-9-15(10-12-16)13-23-18-21-20-14-22(18)17-7-5-4-6-8-17/h4-12,14H,13H2,1-3H3. The smallest absolute Gasteiger partial charge is 0.195 e. The lowest BCUT2D eigenvalue weighted by molar-refractivity contribution is 0.590. The molecular formula is C19H21N3S. The number of aromatic nitrogens is 3. The number of hydrogen-bond acceptors (Lipinski definition) is 3. The Bertz CT molecular complexity index is 755. The van der Waals surface area contributed by atoms with Crippen LogP contribution in [-0.2, 0) is 11.2 Å². The maximum atomic E-state index is 4.24. The van der Waals surface area contributed by atoms with Crippen LogP contribution < -0.4 is 0 Å². The molecule has 0 radical (unpaired) electrons. The van der Waals surface area contributed by atoms with E-state index in [1.165, 1.54) is 11.1 Å². The molecule has 0 saturated carbocycles. The second kappa shape index (κ2) is 6.59. The second-order valence-electron chi connectivity index (χ2n) is 6.55. The lowest BCUT2D eigenvalue weighted by atomic mass is 9.87. The minimum absolute atomic E-state index is 0.194. The molecule has 0 unspecified atom stereocenters. The van der Waals surface area contributed by atoms with E-state index < -0.39 is 0 Å². The van der Waals surface area contributed by atoms with Gasteiger partial charge in [0.1, 0.15) is 6.33 Å². The molecule has 0 bridgehead atoms. The molecule has 0 saturated heterocycles. The largest absolute Gasteiger partial charge is 0.277 e. The van der Waals surface area contributed by atoms with Gasteiger partial charge in [0, 0.05) is 11.4 Å². The van der Waals surface area contributed by atoms with Crippen molar-refractivity contribution < 1.29 is 0 Å². The minimum Gasteiger partial charge on any atom is -0.277 e. The van der Waals surface area contributed by atoms with E-state index in [1.807, 2.05) is 22.8 Å². The summed E-state index contributed by atoms with van der Waals surface area (Å²) >= 11 is 1.70. The zero-order chi connectivity index (χ0) is 16.3. The van der Waals surface area contributed by atoms with E-state index in [1.54, 1.807) is 18.1 Å². The van der Waals surface area contributed by atoms with E-state index in [0.29, 0.717) is 0 Å². The summed E-state index contributed by atoms with van der Waals surface area (Å²) in [5.41, 5.74) is 3.94. The molecule has 23 heavy (non-hydrogen) atoms. The van der Waals surface area contributed by atoms with Gasteiger partial charge in [-0.25, -0.2) is 0 Å². The van der Waals surface area contributed by atoms with Gasteiger partial charge in [0.05, 0.1) is 0 Å². The van der Waals surface area contributed by atoms with Crippen molar-refractivity contribution in [3.8, 4) is 5.69 Å². The summed E-state index contributed by atoms with van der Waals surface area (Å²) in [7, 11) is 0. The molecule has 0 fully saturated rings. The summed E-state index contributed by atoms with van der Waals surface area (Å²) in [5, 5.41) is 9.20. The highest BCUT2D eigenvalue weighted by molar-refractivity contribution is 7.98. The third kappa shape index (κ3) is 3.82. The zero-order valence-corrected chi connectivity index (χ0v) is 14.5. The van der Waals surface area contributed by atoms with Crippen molar-refractivity contribution in [2.75, 3.05) is 0 Å². The van der Waals surface area contributed by atoms with Gasteiger partial charge in [-0.3, -0.25) is 4.57 Å². The summed E-state index contributed by atoms with van der Waals surface area (Å²) < 4.78 is 2.02. The van der Waals surface area contributed by atoms with Gasteiger partial charge in [0.25, 0.3) is 0 Å². The lowest BCUT2D eigenvalue weighted by Crippen LogP contribution is -2.10. The first-order valence-corrected chi connectivity index (χ1v) is 8.70. The third-order valence-corrected chi connectivity index (χ3v) is 4.75.